The fourth-order valence-electron chi connectivity index (χ4n) is 2.24. The van der Waals surface area contributed by atoms with Crippen LogP contribution in [0.5, 0.6) is 0 Å². The number of H-pyrrole nitrogens is 1. The topological polar surface area (TPSA) is 102 Å². The van der Waals surface area contributed by atoms with Crippen LogP contribution in [0.3, 0.4) is 0 Å². The molecular weight excluding hydrogens is 346 g/mol. The first kappa shape index (κ1) is 17.5. The molecule has 2 aromatic rings. The lowest BCUT2D eigenvalue weighted by Crippen LogP contribution is -2.42. The van der Waals surface area contributed by atoms with Gasteiger partial charge >= 0.3 is 11.7 Å². The summed E-state index contributed by atoms with van der Waals surface area (Å²) >= 11 is 1.42. The van der Waals surface area contributed by atoms with Crippen LogP contribution in [0.15, 0.2) is 44.8 Å². The van der Waals surface area contributed by atoms with Crippen LogP contribution in [0.4, 0.5) is 0 Å². The number of carbonyl (C=O) groups excluding carboxylic acids is 1. The van der Waals surface area contributed by atoms with Gasteiger partial charge in [0.15, 0.2) is 0 Å². The molecule has 0 saturated carbocycles. The Labute approximate surface area is 147 Å². The zero-order valence-corrected chi connectivity index (χ0v) is 14.3. The van der Waals surface area contributed by atoms with Crippen molar-refractivity contribution in [3.05, 3.63) is 51.2 Å². The monoisotopic (exact) mass is 363 g/mol. The molecule has 1 aromatic heterocycles. The van der Waals surface area contributed by atoms with E-state index in [4.69, 9.17) is 4.74 Å². The van der Waals surface area contributed by atoms with E-state index < -0.39 is 17.2 Å². The van der Waals surface area contributed by atoms with E-state index in [1.165, 1.54) is 31.2 Å². The smallest absolute Gasteiger partial charge is 0.330 e. The molecule has 0 spiro atoms. The molecule has 8 nitrogen and oxygen atoms in total. The van der Waals surface area contributed by atoms with Crippen LogP contribution in [-0.2, 0) is 20.8 Å². The Morgan fingerprint density at radius 1 is 1.48 bits per heavy atom. The van der Waals surface area contributed by atoms with Crippen LogP contribution in [0.2, 0.25) is 0 Å². The lowest BCUT2D eigenvalue weighted by Gasteiger charge is -2.26. The summed E-state index contributed by atoms with van der Waals surface area (Å²) in [5.41, 5.74) is -0.473. The minimum atomic E-state index is -0.546. The predicted octanol–water partition coefficient (Wildman–Crippen LogP) is 0.414. The molecule has 0 unspecified atom stereocenters. The Kier molecular flexibility index (Phi) is 5.37. The van der Waals surface area contributed by atoms with Crippen molar-refractivity contribution in [2.45, 2.75) is 17.5 Å². The molecule has 132 valence electrons. The molecule has 0 amide bonds. The van der Waals surface area contributed by atoms with Gasteiger partial charge in [0.2, 0.25) is 0 Å². The normalized spacial score (nSPS) is 14.8. The summed E-state index contributed by atoms with van der Waals surface area (Å²) in [6.07, 6.45) is 2.58. The zero-order chi connectivity index (χ0) is 17.8. The molecule has 1 aromatic carbocycles. The van der Waals surface area contributed by atoms with Crippen molar-refractivity contribution in [1.82, 2.24) is 14.3 Å². The van der Waals surface area contributed by atoms with Gasteiger partial charge in [-0.2, -0.15) is 0 Å². The van der Waals surface area contributed by atoms with Crippen LogP contribution < -0.4 is 16.0 Å². The average molecular weight is 363 g/mol. The molecule has 0 atom stereocenters. The van der Waals surface area contributed by atoms with Crippen LogP contribution in [0.1, 0.15) is 0 Å². The quantitative estimate of drug-likeness (QED) is 0.435. The number of fused-ring (bicyclic) bond motifs is 1. The van der Waals surface area contributed by atoms with Gasteiger partial charge in [-0.1, -0.05) is 6.08 Å². The van der Waals surface area contributed by atoms with Gasteiger partial charge in [-0.15, -0.1) is 0 Å². The highest BCUT2D eigenvalue weighted by Crippen LogP contribution is 2.20. The molecule has 25 heavy (non-hydrogen) atoms. The Morgan fingerprint density at radius 3 is 2.96 bits per heavy atom. The molecular formula is C16H17N3O5S. The molecule has 1 aliphatic rings. The number of allylic oxidation sites excluding steroid dienone is 1. The number of carbonyl (C=O) groups is 1. The summed E-state index contributed by atoms with van der Waals surface area (Å²) in [5, 5.41) is 0.405. The molecule has 2 N–H and O–H groups in total. The van der Waals surface area contributed by atoms with Gasteiger partial charge in [0.05, 0.1) is 37.3 Å². The van der Waals surface area contributed by atoms with E-state index in [0.29, 0.717) is 30.2 Å². The summed E-state index contributed by atoms with van der Waals surface area (Å²) in [7, 11) is 1.25. The molecule has 1 saturated heterocycles. The maximum Gasteiger partial charge on any atom is 0.330 e. The van der Waals surface area contributed by atoms with Crippen molar-refractivity contribution in [3.8, 4) is 0 Å². The second-order valence-corrected chi connectivity index (χ2v) is 6.34. The van der Waals surface area contributed by atoms with Gasteiger partial charge in [-0.25, -0.2) is 9.59 Å². The standard InChI is InChI=1S/C16H17N3O5S/c1-23-14(20)3-2-6-19-15(21)12-7-11(25-18-10-8-24-9-10)4-5-13(12)17-16(19)22/h2-5,7,10,18H,6,8-9H2,1H3,(H,17,22)/b3-2+. The number of nitrogens with one attached hydrogen (secondary N) is 2. The average Bonchev–Trinajstić information content (AvgIpc) is 2.56. The van der Waals surface area contributed by atoms with Crippen molar-refractivity contribution in [2.75, 3.05) is 20.3 Å². The Hall–Kier alpha value is -2.36. The highest BCUT2D eigenvalue weighted by Gasteiger charge is 2.18. The first-order valence-electron chi connectivity index (χ1n) is 7.60. The van der Waals surface area contributed by atoms with Crippen LogP contribution in [0.25, 0.3) is 10.9 Å². The molecule has 0 aliphatic carbocycles. The fourth-order valence-corrected chi connectivity index (χ4v) is 2.99. The largest absolute Gasteiger partial charge is 0.466 e. The summed E-state index contributed by atoms with van der Waals surface area (Å²) in [4.78, 5) is 39.3. The summed E-state index contributed by atoms with van der Waals surface area (Å²) < 4.78 is 13.9. The van der Waals surface area contributed by atoms with E-state index >= 15 is 0 Å². The number of ether oxygens (including phenoxy) is 2. The molecule has 0 bridgehead atoms. The maximum absolute atomic E-state index is 12.6. The molecule has 0 radical (unpaired) electrons. The van der Waals surface area contributed by atoms with E-state index in [2.05, 4.69) is 14.4 Å². The molecule has 2 heterocycles. The van der Waals surface area contributed by atoms with Gasteiger partial charge in [0.1, 0.15) is 0 Å². The number of methoxy groups -OCH3 is 1. The SMILES string of the molecule is COC(=O)/C=C/Cn1c(=O)[nH]c2ccc(SNC3COC3)cc2c1=O. The lowest BCUT2D eigenvalue weighted by molar-refractivity contribution is -0.134. The first-order chi connectivity index (χ1) is 12.1. The van der Waals surface area contributed by atoms with Gasteiger partial charge in [-0.3, -0.25) is 14.1 Å². The molecule has 1 fully saturated rings. The summed E-state index contributed by atoms with van der Waals surface area (Å²) in [5.74, 6) is -0.546. The highest BCUT2D eigenvalue weighted by molar-refractivity contribution is 7.97. The number of hydrogen-bond acceptors (Lipinski definition) is 7. The Morgan fingerprint density at radius 2 is 2.28 bits per heavy atom. The maximum atomic E-state index is 12.6. The molecule has 9 heteroatoms. The van der Waals surface area contributed by atoms with Gasteiger partial charge in [0, 0.05) is 17.5 Å². The molecule has 1 aliphatic heterocycles. The van der Waals surface area contributed by atoms with Gasteiger partial charge in [-0.05, 0) is 30.1 Å². The van der Waals surface area contributed by atoms with E-state index in [-0.39, 0.29) is 6.54 Å². The van der Waals surface area contributed by atoms with E-state index in [9.17, 15) is 14.4 Å². The minimum Gasteiger partial charge on any atom is -0.466 e. The van der Waals surface area contributed by atoms with Crippen LogP contribution in [-0.4, -0.2) is 41.9 Å². The highest BCUT2D eigenvalue weighted by atomic mass is 32.2. The third-order valence-electron chi connectivity index (χ3n) is 3.68. The lowest BCUT2D eigenvalue weighted by atomic mass is 10.2. The van der Waals surface area contributed by atoms with Crippen LogP contribution >= 0.6 is 11.9 Å². The number of rotatable bonds is 6. The van der Waals surface area contributed by atoms with Crippen LogP contribution in [0, 0.1) is 0 Å². The van der Waals surface area contributed by atoms with Crippen molar-refractivity contribution in [3.63, 3.8) is 0 Å². The fraction of sp³-hybridized carbons (Fsp3) is 0.312. The van der Waals surface area contributed by atoms with Gasteiger partial charge < -0.3 is 14.5 Å². The predicted molar refractivity (Wildman–Crippen MR) is 93.6 cm³/mol. The number of aromatic nitrogens is 2. The number of nitrogens with zero attached hydrogens (tertiary/aromatic N) is 1. The van der Waals surface area contributed by atoms with Crippen molar-refractivity contribution in [1.29, 1.82) is 0 Å². The second kappa shape index (κ2) is 7.68. The first-order valence-corrected chi connectivity index (χ1v) is 8.41. The van der Waals surface area contributed by atoms with Gasteiger partial charge in [0.25, 0.3) is 5.56 Å². The number of esters is 1. The summed E-state index contributed by atoms with van der Waals surface area (Å²) in [6.45, 7) is 1.33. The third-order valence-corrected chi connectivity index (χ3v) is 4.62. The van der Waals surface area contributed by atoms with Crippen molar-refractivity contribution >= 4 is 28.8 Å². The van der Waals surface area contributed by atoms with E-state index in [0.717, 1.165) is 9.46 Å². The third kappa shape index (κ3) is 4.01. The number of benzene rings is 1. The van der Waals surface area contributed by atoms with Crippen molar-refractivity contribution < 1.29 is 14.3 Å². The minimum absolute atomic E-state index is 0.0196. The van der Waals surface area contributed by atoms with E-state index in [1.807, 2.05) is 6.07 Å². The summed E-state index contributed by atoms with van der Waals surface area (Å²) in [6, 6.07) is 5.56. The Balaban J connectivity index is 1.87. The van der Waals surface area contributed by atoms with E-state index in [1.54, 1.807) is 12.1 Å². The zero-order valence-electron chi connectivity index (χ0n) is 13.5. The number of hydrogen-bond donors (Lipinski definition) is 2. The molecule has 3 rings (SSSR count). The van der Waals surface area contributed by atoms with Crippen molar-refractivity contribution in [2.24, 2.45) is 0 Å². The second-order valence-electron chi connectivity index (χ2n) is 5.43. The Bertz CT molecular complexity index is 929. The number of aromatic amines is 1.